The van der Waals surface area contributed by atoms with Gasteiger partial charge >= 0.3 is 5.97 Å². The van der Waals surface area contributed by atoms with Gasteiger partial charge < -0.3 is 10.1 Å². The van der Waals surface area contributed by atoms with Crippen molar-refractivity contribution in [3.63, 3.8) is 0 Å². The van der Waals surface area contributed by atoms with Crippen LogP contribution in [0.25, 0.3) is 0 Å². The average Bonchev–Trinajstić information content (AvgIpc) is 2.67. The van der Waals surface area contributed by atoms with Crippen LogP contribution in [-0.2, 0) is 11.2 Å². The van der Waals surface area contributed by atoms with Gasteiger partial charge in [0.05, 0.1) is 11.6 Å². The number of hydrogen-bond donors (Lipinski definition) is 1. The predicted octanol–water partition coefficient (Wildman–Crippen LogP) is 1.47. The molecule has 0 spiro atoms. The molecule has 1 rings (SSSR count). The van der Waals surface area contributed by atoms with Crippen molar-refractivity contribution in [1.82, 2.24) is 10.3 Å². The number of carbonyl (C=O) groups excluding carboxylic acids is 1. The van der Waals surface area contributed by atoms with Crippen LogP contribution in [0, 0.1) is 0 Å². The second kappa shape index (κ2) is 6.53. The molecule has 0 saturated carbocycles. The van der Waals surface area contributed by atoms with Crippen LogP contribution in [0.3, 0.4) is 0 Å². The molecule has 0 aromatic carbocycles. The van der Waals surface area contributed by atoms with Gasteiger partial charge in [0.25, 0.3) is 0 Å². The van der Waals surface area contributed by atoms with Crippen LogP contribution in [0.5, 0.6) is 0 Å². The van der Waals surface area contributed by atoms with Crippen molar-refractivity contribution in [2.75, 3.05) is 19.7 Å². The summed E-state index contributed by atoms with van der Waals surface area (Å²) in [6.45, 7) is 6.09. The van der Waals surface area contributed by atoms with Crippen LogP contribution in [0.4, 0.5) is 0 Å². The van der Waals surface area contributed by atoms with Crippen molar-refractivity contribution < 1.29 is 9.53 Å². The second-order valence-electron chi connectivity index (χ2n) is 2.95. The number of nitrogens with one attached hydrogen (secondary N) is 1. The number of nitrogens with zero attached hydrogens (tertiary/aromatic N) is 1. The number of esters is 1. The molecular weight excluding hydrogens is 212 g/mol. The van der Waals surface area contributed by atoms with Gasteiger partial charge in [-0.15, -0.1) is 11.3 Å². The molecule has 5 heteroatoms. The zero-order valence-corrected chi connectivity index (χ0v) is 9.89. The minimum Gasteiger partial charge on any atom is -0.461 e. The van der Waals surface area contributed by atoms with Gasteiger partial charge in [0.2, 0.25) is 0 Å². The smallest absolute Gasteiger partial charge is 0.357 e. The number of thiazole rings is 1. The summed E-state index contributed by atoms with van der Waals surface area (Å²) >= 11 is 1.50. The van der Waals surface area contributed by atoms with Crippen molar-refractivity contribution in [1.29, 1.82) is 0 Å². The Morgan fingerprint density at radius 2 is 2.40 bits per heavy atom. The Bertz CT molecular complexity index is 312. The minimum absolute atomic E-state index is 0.330. The minimum atomic E-state index is -0.330. The van der Waals surface area contributed by atoms with Gasteiger partial charge in [0.1, 0.15) is 0 Å². The van der Waals surface area contributed by atoms with Gasteiger partial charge in [0.15, 0.2) is 5.69 Å². The average molecular weight is 228 g/mol. The Morgan fingerprint density at radius 3 is 3.07 bits per heavy atom. The van der Waals surface area contributed by atoms with Gasteiger partial charge in [-0.1, -0.05) is 6.92 Å². The van der Waals surface area contributed by atoms with E-state index < -0.39 is 0 Å². The van der Waals surface area contributed by atoms with Gasteiger partial charge in [-0.05, 0) is 13.5 Å². The molecule has 0 aliphatic rings. The highest BCUT2D eigenvalue weighted by molar-refractivity contribution is 7.09. The molecule has 0 amide bonds. The molecular formula is C10H16N2O2S. The fraction of sp³-hybridized carbons (Fsp3) is 0.600. The molecule has 1 aromatic heterocycles. The van der Waals surface area contributed by atoms with Gasteiger partial charge in [0, 0.05) is 18.3 Å². The fourth-order valence-electron chi connectivity index (χ4n) is 1.10. The summed E-state index contributed by atoms with van der Waals surface area (Å²) in [5.74, 6) is -0.330. The van der Waals surface area contributed by atoms with Crippen LogP contribution in [0.1, 0.15) is 29.3 Å². The lowest BCUT2D eigenvalue weighted by Crippen LogP contribution is -2.16. The third-order valence-corrected chi connectivity index (χ3v) is 2.71. The van der Waals surface area contributed by atoms with E-state index >= 15 is 0 Å². The number of rotatable bonds is 6. The Hall–Kier alpha value is -0.940. The third-order valence-electron chi connectivity index (χ3n) is 1.80. The van der Waals surface area contributed by atoms with Crippen LogP contribution < -0.4 is 5.32 Å². The number of aromatic nitrogens is 1. The van der Waals surface area contributed by atoms with Gasteiger partial charge in [-0.3, -0.25) is 0 Å². The van der Waals surface area contributed by atoms with Crippen molar-refractivity contribution in [2.24, 2.45) is 0 Å². The van der Waals surface area contributed by atoms with Crippen molar-refractivity contribution in [3.8, 4) is 0 Å². The molecule has 84 valence electrons. The molecule has 0 bridgehead atoms. The van der Waals surface area contributed by atoms with E-state index in [0.29, 0.717) is 12.3 Å². The number of likely N-dealkylation sites (N-methyl/N-ethyl adjacent to an activating group) is 1. The summed E-state index contributed by atoms with van der Waals surface area (Å²) in [4.78, 5) is 15.5. The predicted molar refractivity (Wildman–Crippen MR) is 60.3 cm³/mol. The molecule has 0 fully saturated rings. The highest BCUT2D eigenvalue weighted by Crippen LogP contribution is 2.11. The summed E-state index contributed by atoms with van der Waals surface area (Å²) in [6.07, 6.45) is 0.859. The topological polar surface area (TPSA) is 51.2 Å². The lowest BCUT2D eigenvalue weighted by molar-refractivity contribution is 0.0520. The summed E-state index contributed by atoms with van der Waals surface area (Å²) in [5, 5.41) is 5.93. The van der Waals surface area contributed by atoms with E-state index in [9.17, 15) is 4.79 Å². The van der Waals surface area contributed by atoms with E-state index in [1.165, 1.54) is 11.3 Å². The summed E-state index contributed by atoms with van der Waals surface area (Å²) in [5.41, 5.74) is 0.424. The monoisotopic (exact) mass is 228 g/mol. The Morgan fingerprint density at radius 1 is 1.60 bits per heavy atom. The van der Waals surface area contributed by atoms with Crippen LogP contribution in [0.15, 0.2) is 5.38 Å². The van der Waals surface area contributed by atoms with Gasteiger partial charge in [-0.25, -0.2) is 9.78 Å². The Kier molecular flexibility index (Phi) is 5.28. The van der Waals surface area contributed by atoms with E-state index in [1.807, 2.05) is 0 Å². The number of ether oxygens (including phenoxy) is 1. The highest BCUT2D eigenvalue weighted by Gasteiger charge is 2.10. The highest BCUT2D eigenvalue weighted by atomic mass is 32.1. The second-order valence-corrected chi connectivity index (χ2v) is 3.89. The van der Waals surface area contributed by atoms with Crippen molar-refractivity contribution >= 4 is 17.3 Å². The lowest BCUT2D eigenvalue weighted by Gasteiger charge is -1.98. The van der Waals surface area contributed by atoms with Crippen LogP contribution in [0.2, 0.25) is 0 Å². The molecule has 4 nitrogen and oxygen atoms in total. The van der Waals surface area contributed by atoms with Gasteiger partial charge in [-0.2, -0.15) is 0 Å². The first-order valence-corrected chi connectivity index (χ1v) is 5.98. The lowest BCUT2D eigenvalue weighted by atomic mass is 10.4. The third kappa shape index (κ3) is 3.97. The molecule has 1 heterocycles. The maximum absolute atomic E-state index is 11.3. The zero-order chi connectivity index (χ0) is 11.1. The normalized spacial score (nSPS) is 10.3. The van der Waals surface area contributed by atoms with Crippen LogP contribution >= 0.6 is 11.3 Å². The first kappa shape index (κ1) is 12.1. The van der Waals surface area contributed by atoms with E-state index in [2.05, 4.69) is 17.2 Å². The largest absolute Gasteiger partial charge is 0.461 e. The number of carbonyl (C=O) groups is 1. The molecule has 0 radical (unpaired) electrons. The van der Waals surface area contributed by atoms with E-state index in [1.54, 1.807) is 12.3 Å². The SMILES string of the molecule is CCNCCc1nc(C(=O)OCC)cs1. The standard InChI is InChI=1S/C10H16N2O2S/c1-3-11-6-5-9-12-8(7-15-9)10(13)14-4-2/h7,11H,3-6H2,1-2H3. The first-order valence-electron chi connectivity index (χ1n) is 5.10. The molecule has 0 unspecified atom stereocenters. The Balaban J connectivity index is 2.45. The fourth-order valence-corrected chi connectivity index (χ4v) is 1.86. The molecule has 0 aliphatic carbocycles. The van der Waals surface area contributed by atoms with E-state index in [4.69, 9.17) is 4.74 Å². The van der Waals surface area contributed by atoms with Crippen molar-refractivity contribution in [2.45, 2.75) is 20.3 Å². The number of hydrogen-bond acceptors (Lipinski definition) is 5. The maximum atomic E-state index is 11.3. The van der Waals surface area contributed by atoms with E-state index in [-0.39, 0.29) is 5.97 Å². The Labute approximate surface area is 93.7 Å². The molecule has 0 aliphatic heterocycles. The van der Waals surface area contributed by atoms with Crippen molar-refractivity contribution in [3.05, 3.63) is 16.1 Å². The molecule has 15 heavy (non-hydrogen) atoms. The summed E-state index contributed by atoms with van der Waals surface area (Å²) in [6, 6.07) is 0. The molecule has 1 aromatic rings. The quantitative estimate of drug-likeness (QED) is 0.592. The van der Waals surface area contributed by atoms with E-state index in [0.717, 1.165) is 24.5 Å². The first-order chi connectivity index (χ1) is 7.27. The van der Waals surface area contributed by atoms with Crippen LogP contribution in [-0.4, -0.2) is 30.6 Å². The summed E-state index contributed by atoms with van der Waals surface area (Å²) in [7, 11) is 0. The molecule has 1 N–H and O–H groups in total. The molecule has 0 atom stereocenters. The maximum Gasteiger partial charge on any atom is 0.357 e. The zero-order valence-electron chi connectivity index (χ0n) is 9.08. The molecule has 0 saturated heterocycles. The summed E-state index contributed by atoms with van der Waals surface area (Å²) < 4.78 is 4.86.